The number of carbonyl (C=O) groups excluding carboxylic acids is 1. The van der Waals surface area contributed by atoms with E-state index in [0.717, 1.165) is 35.2 Å². The summed E-state index contributed by atoms with van der Waals surface area (Å²) in [5, 5.41) is 4.32. The van der Waals surface area contributed by atoms with Crippen LogP contribution in [0.4, 0.5) is 11.4 Å². The molecular formula is C19H18ClN3OS. The summed E-state index contributed by atoms with van der Waals surface area (Å²) in [6, 6.07) is 7.17. The first-order valence-electron chi connectivity index (χ1n) is 8.32. The van der Waals surface area contributed by atoms with Gasteiger partial charge in [0.15, 0.2) is 0 Å². The van der Waals surface area contributed by atoms with Crippen LogP contribution in [0.5, 0.6) is 0 Å². The van der Waals surface area contributed by atoms with Gasteiger partial charge in [0.2, 0.25) is 0 Å². The Bertz CT molecular complexity index is 996. The molecule has 0 aliphatic heterocycles. The van der Waals surface area contributed by atoms with Crippen molar-refractivity contribution >= 4 is 50.4 Å². The zero-order valence-corrected chi connectivity index (χ0v) is 15.4. The summed E-state index contributed by atoms with van der Waals surface area (Å²) < 4.78 is 0. The molecule has 1 aliphatic rings. The lowest BCUT2D eigenvalue weighted by molar-refractivity contribution is 0.103. The van der Waals surface area contributed by atoms with Crippen LogP contribution in [0.25, 0.3) is 10.2 Å². The summed E-state index contributed by atoms with van der Waals surface area (Å²) in [6.45, 7) is 2.04. The zero-order chi connectivity index (χ0) is 17.6. The number of aryl methyl sites for hydroxylation is 2. The lowest BCUT2D eigenvalue weighted by Gasteiger charge is -2.18. The van der Waals surface area contributed by atoms with Crippen LogP contribution in [0.15, 0.2) is 24.3 Å². The van der Waals surface area contributed by atoms with Gasteiger partial charge in [-0.05, 0) is 55.9 Å². The highest BCUT2D eigenvalue weighted by atomic mass is 35.5. The number of hydrogen-bond acceptors (Lipinski definition) is 4. The molecule has 0 saturated heterocycles. The largest absolute Gasteiger partial charge is 0.397 e. The van der Waals surface area contributed by atoms with Crippen molar-refractivity contribution in [2.45, 2.75) is 32.6 Å². The van der Waals surface area contributed by atoms with Crippen LogP contribution >= 0.6 is 22.9 Å². The molecule has 6 heteroatoms. The molecule has 128 valence electrons. The van der Waals surface area contributed by atoms with Crippen LogP contribution in [0.3, 0.4) is 0 Å². The molecule has 25 heavy (non-hydrogen) atoms. The van der Waals surface area contributed by atoms with E-state index < -0.39 is 0 Å². The molecule has 2 aromatic heterocycles. The number of anilines is 2. The number of nitrogen functional groups attached to an aromatic ring is 1. The smallest absolute Gasteiger partial charge is 0.267 e. The third-order valence-corrected chi connectivity index (χ3v) is 6.16. The SMILES string of the molecule is Cc1nc2sc(C(=O)Nc3ccccc3Cl)c(N)c2c2c1CCCC2. The number of hydrogen-bond donors (Lipinski definition) is 2. The number of aromatic nitrogens is 1. The van der Waals surface area contributed by atoms with E-state index in [1.54, 1.807) is 12.1 Å². The van der Waals surface area contributed by atoms with Gasteiger partial charge >= 0.3 is 0 Å². The summed E-state index contributed by atoms with van der Waals surface area (Å²) >= 11 is 7.49. The van der Waals surface area contributed by atoms with Crippen LogP contribution in [0.2, 0.25) is 5.02 Å². The lowest BCUT2D eigenvalue weighted by Crippen LogP contribution is -2.12. The van der Waals surface area contributed by atoms with Crippen molar-refractivity contribution in [2.75, 3.05) is 11.1 Å². The third kappa shape index (κ3) is 2.77. The first-order chi connectivity index (χ1) is 12.1. The number of thiophene rings is 1. The molecular weight excluding hydrogens is 354 g/mol. The van der Waals surface area contributed by atoms with Gasteiger partial charge in [0.05, 0.1) is 16.4 Å². The second-order valence-electron chi connectivity index (χ2n) is 6.32. The summed E-state index contributed by atoms with van der Waals surface area (Å²) in [7, 11) is 0. The van der Waals surface area contributed by atoms with E-state index in [1.807, 2.05) is 19.1 Å². The Hall–Kier alpha value is -2.11. The Balaban J connectivity index is 1.79. The minimum absolute atomic E-state index is 0.240. The molecule has 0 atom stereocenters. The molecule has 0 unspecified atom stereocenters. The third-order valence-electron chi connectivity index (χ3n) is 4.73. The first kappa shape index (κ1) is 16.4. The van der Waals surface area contributed by atoms with E-state index in [0.29, 0.717) is 21.3 Å². The fraction of sp³-hybridized carbons (Fsp3) is 0.263. The fourth-order valence-electron chi connectivity index (χ4n) is 3.51. The van der Waals surface area contributed by atoms with Gasteiger partial charge in [-0.25, -0.2) is 4.98 Å². The van der Waals surface area contributed by atoms with Gasteiger partial charge in [-0.2, -0.15) is 0 Å². The minimum Gasteiger partial charge on any atom is -0.397 e. The Morgan fingerprint density at radius 3 is 2.72 bits per heavy atom. The maximum absolute atomic E-state index is 12.7. The monoisotopic (exact) mass is 371 g/mol. The van der Waals surface area contributed by atoms with Crippen molar-refractivity contribution in [3.8, 4) is 0 Å². The molecule has 4 nitrogen and oxygen atoms in total. The second kappa shape index (κ2) is 6.32. The van der Waals surface area contributed by atoms with Crippen LogP contribution in [-0.4, -0.2) is 10.9 Å². The standard InChI is InChI=1S/C19H18ClN3OS/c1-10-11-6-2-3-7-12(11)15-16(21)17(25-19(15)22-10)18(24)23-14-9-5-4-8-13(14)20/h4-5,8-9H,2-3,6-7,21H2,1H3,(H,23,24). The number of halogens is 1. The number of nitrogens with one attached hydrogen (secondary N) is 1. The normalized spacial score (nSPS) is 13.7. The summed E-state index contributed by atoms with van der Waals surface area (Å²) in [5.41, 5.74) is 11.1. The van der Waals surface area contributed by atoms with Gasteiger partial charge in [-0.3, -0.25) is 4.79 Å². The van der Waals surface area contributed by atoms with Gasteiger partial charge in [0.25, 0.3) is 5.91 Å². The Kier molecular flexibility index (Phi) is 4.13. The van der Waals surface area contributed by atoms with Crippen LogP contribution < -0.4 is 11.1 Å². The number of nitrogens with two attached hydrogens (primary N) is 1. The number of amides is 1. The van der Waals surface area contributed by atoms with E-state index in [1.165, 1.54) is 28.9 Å². The zero-order valence-electron chi connectivity index (χ0n) is 13.9. The number of para-hydroxylation sites is 1. The first-order valence-corrected chi connectivity index (χ1v) is 9.52. The average molecular weight is 372 g/mol. The molecule has 3 aromatic rings. The Labute approximate surface area is 155 Å². The van der Waals surface area contributed by atoms with Crippen molar-refractivity contribution in [1.82, 2.24) is 4.98 Å². The summed E-state index contributed by atoms with van der Waals surface area (Å²) in [5.74, 6) is -0.240. The number of nitrogens with zero attached hydrogens (tertiary/aromatic N) is 1. The van der Waals surface area contributed by atoms with E-state index in [2.05, 4.69) is 5.32 Å². The molecule has 1 aromatic carbocycles. The molecule has 0 radical (unpaired) electrons. The topological polar surface area (TPSA) is 68.0 Å². The van der Waals surface area contributed by atoms with E-state index in [9.17, 15) is 4.79 Å². The molecule has 0 spiro atoms. The highest BCUT2D eigenvalue weighted by molar-refractivity contribution is 7.21. The highest BCUT2D eigenvalue weighted by Crippen LogP contribution is 2.40. The van der Waals surface area contributed by atoms with Crippen LogP contribution in [0.1, 0.15) is 39.3 Å². The van der Waals surface area contributed by atoms with Gasteiger partial charge < -0.3 is 11.1 Å². The number of fused-ring (bicyclic) bond motifs is 3. The van der Waals surface area contributed by atoms with Gasteiger partial charge in [-0.1, -0.05) is 23.7 Å². The summed E-state index contributed by atoms with van der Waals surface area (Å²) in [6.07, 6.45) is 4.38. The molecule has 1 aliphatic carbocycles. The van der Waals surface area contributed by atoms with Crippen LogP contribution in [-0.2, 0) is 12.8 Å². The molecule has 0 bridgehead atoms. The Morgan fingerprint density at radius 1 is 1.24 bits per heavy atom. The van der Waals surface area contributed by atoms with E-state index in [-0.39, 0.29) is 5.91 Å². The van der Waals surface area contributed by atoms with Crippen molar-refractivity contribution in [1.29, 1.82) is 0 Å². The van der Waals surface area contributed by atoms with Crippen molar-refractivity contribution in [2.24, 2.45) is 0 Å². The highest BCUT2D eigenvalue weighted by Gasteiger charge is 2.24. The van der Waals surface area contributed by atoms with E-state index >= 15 is 0 Å². The van der Waals surface area contributed by atoms with Gasteiger partial charge in [-0.15, -0.1) is 11.3 Å². The molecule has 4 rings (SSSR count). The number of pyridine rings is 1. The maximum Gasteiger partial charge on any atom is 0.267 e. The quantitative estimate of drug-likeness (QED) is 0.668. The fourth-order valence-corrected chi connectivity index (χ4v) is 4.76. The number of carbonyl (C=O) groups is 1. The number of rotatable bonds is 2. The van der Waals surface area contributed by atoms with Crippen molar-refractivity contribution in [3.05, 3.63) is 51.0 Å². The van der Waals surface area contributed by atoms with Gasteiger partial charge in [0, 0.05) is 11.1 Å². The predicted octanol–water partition coefficient (Wildman–Crippen LogP) is 4.97. The molecule has 3 N–H and O–H groups in total. The Morgan fingerprint density at radius 2 is 1.96 bits per heavy atom. The van der Waals surface area contributed by atoms with E-state index in [4.69, 9.17) is 22.3 Å². The average Bonchev–Trinajstić information content (AvgIpc) is 2.94. The molecule has 2 heterocycles. The molecule has 0 saturated carbocycles. The number of benzene rings is 1. The van der Waals surface area contributed by atoms with Crippen LogP contribution in [0, 0.1) is 6.92 Å². The minimum atomic E-state index is -0.240. The van der Waals surface area contributed by atoms with Crippen molar-refractivity contribution in [3.63, 3.8) is 0 Å². The predicted molar refractivity (Wildman–Crippen MR) is 105 cm³/mol. The second-order valence-corrected chi connectivity index (χ2v) is 7.73. The maximum atomic E-state index is 12.7. The molecule has 1 amide bonds. The van der Waals surface area contributed by atoms with Crippen molar-refractivity contribution < 1.29 is 4.79 Å². The van der Waals surface area contributed by atoms with Gasteiger partial charge in [0.1, 0.15) is 9.71 Å². The molecule has 0 fully saturated rings. The summed E-state index contributed by atoms with van der Waals surface area (Å²) in [4.78, 5) is 18.8. The lowest BCUT2D eigenvalue weighted by atomic mass is 9.89.